The SMILES string of the molecule is COc1ccc(Cn2cc(C(N)=CC#N)cn2)cc1. The van der Waals surface area contributed by atoms with Crippen LogP contribution in [0.15, 0.2) is 42.7 Å². The van der Waals surface area contributed by atoms with Crippen LogP contribution in [0.1, 0.15) is 11.1 Å². The summed E-state index contributed by atoms with van der Waals surface area (Å²) in [4.78, 5) is 0. The van der Waals surface area contributed by atoms with E-state index in [9.17, 15) is 0 Å². The summed E-state index contributed by atoms with van der Waals surface area (Å²) in [5, 5.41) is 12.8. The Hall–Kier alpha value is -2.74. The van der Waals surface area contributed by atoms with Crippen LogP contribution < -0.4 is 10.5 Å². The largest absolute Gasteiger partial charge is 0.497 e. The molecule has 0 saturated heterocycles. The molecule has 1 aromatic carbocycles. The Morgan fingerprint density at radius 2 is 2.21 bits per heavy atom. The van der Waals surface area contributed by atoms with E-state index < -0.39 is 0 Å². The lowest BCUT2D eigenvalue weighted by molar-refractivity contribution is 0.414. The molecule has 0 unspecified atom stereocenters. The maximum Gasteiger partial charge on any atom is 0.118 e. The van der Waals surface area contributed by atoms with E-state index in [0.29, 0.717) is 12.2 Å². The maximum atomic E-state index is 8.54. The summed E-state index contributed by atoms with van der Waals surface area (Å²) in [6, 6.07) is 9.67. The van der Waals surface area contributed by atoms with Crippen molar-refractivity contribution in [2.45, 2.75) is 6.54 Å². The minimum absolute atomic E-state index is 0.420. The van der Waals surface area contributed by atoms with Crippen molar-refractivity contribution in [3.8, 4) is 11.8 Å². The van der Waals surface area contributed by atoms with Crippen molar-refractivity contribution in [3.63, 3.8) is 0 Å². The molecule has 0 saturated carbocycles. The molecule has 5 heteroatoms. The Balaban J connectivity index is 2.11. The summed E-state index contributed by atoms with van der Waals surface area (Å²) in [7, 11) is 1.64. The molecule has 0 aliphatic carbocycles. The third kappa shape index (κ3) is 3.13. The molecule has 19 heavy (non-hydrogen) atoms. The van der Waals surface area contributed by atoms with Gasteiger partial charge < -0.3 is 10.5 Å². The summed E-state index contributed by atoms with van der Waals surface area (Å²) < 4.78 is 6.88. The van der Waals surface area contributed by atoms with E-state index in [0.717, 1.165) is 16.9 Å². The first-order valence-corrected chi connectivity index (χ1v) is 5.74. The first kappa shape index (κ1) is 12.7. The van der Waals surface area contributed by atoms with Crippen molar-refractivity contribution < 1.29 is 4.74 Å². The predicted molar refractivity (Wildman–Crippen MR) is 72.1 cm³/mol. The van der Waals surface area contributed by atoms with E-state index in [2.05, 4.69) is 5.10 Å². The first-order valence-electron chi connectivity index (χ1n) is 5.74. The number of aromatic nitrogens is 2. The second-order valence-electron chi connectivity index (χ2n) is 4.00. The van der Waals surface area contributed by atoms with Gasteiger partial charge in [-0.3, -0.25) is 4.68 Å². The summed E-state index contributed by atoms with van der Waals surface area (Å²) in [6.45, 7) is 0.643. The maximum absolute atomic E-state index is 8.54. The van der Waals surface area contributed by atoms with Crippen LogP contribution in [0.2, 0.25) is 0 Å². The molecule has 1 aromatic heterocycles. The fourth-order valence-electron chi connectivity index (χ4n) is 1.67. The Bertz CT molecular complexity index is 620. The van der Waals surface area contributed by atoms with Crippen LogP contribution in [0, 0.1) is 11.3 Å². The van der Waals surface area contributed by atoms with E-state index in [1.807, 2.05) is 36.5 Å². The highest BCUT2D eigenvalue weighted by Gasteiger charge is 2.02. The van der Waals surface area contributed by atoms with Gasteiger partial charge in [0.1, 0.15) is 5.75 Å². The Kier molecular flexibility index (Phi) is 3.84. The molecule has 0 aliphatic rings. The topological polar surface area (TPSA) is 76.9 Å². The number of nitriles is 1. The zero-order valence-electron chi connectivity index (χ0n) is 10.6. The third-order valence-electron chi connectivity index (χ3n) is 2.69. The van der Waals surface area contributed by atoms with Crippen LogP contribution >= 0.6 is 0 Å². The zero-order chi connectivity index (χ0) is 13.7. The van der Waals surface area contributed by atoms with Crippen molar-refractivity contribution in [3.05, 3.63) is 53.9 Å². The zero-order valence-corrected chi connectivity index (χ0v) is 10.6. The molecule has 0 spiro atoms. The fraction of sp³-hybridized carbons (Fsp3) is 0.143. The van der Waals surface area contributed by atoms with Gasteiger partial charge in [0.05, 0.1) is 31.6 Å². The third-order valence-corrected chi connectivity index (χ3v) is 2.69. The second kappa shape index (κ2) is 5.74. The molecule has 0 radical (unpaired) electrons. The molecule has 0 aliphatic heterocycles. The highest BCUT2D eigenvalue weighted by molar-refractivity contribution is 5.63. The van der Waals surface area contributed by atoms with Crippen LogP contribution in [-0.4, -0.2) is 16.9 Å². The summed E-state index contributed by atoms with van der Waals surface area (Å²) in [5.74, 6) is 0.825. The lowest BCUT2D eigenvalue weighted by Crippen LogP contribution is -2.00. The standard InChI is InChI=1S/C14H14N4O/c1-19-13-4-2-11(3-5-13)9-18-10-12(8-17-18)14(16)6-7-15/h2-6,8,10H,9,16H2,1H3. The second-order valence-corrected chi connectivity index (χ2v) is 4.00. The van der Waals surface area contributed by atoms with Gasteiger partial charge in [-0.15, -0.1) is 0 Å². The van der Waals surface area contributed by atoms with Crippen LogP contribution in [0.3, 0.4) is 0 Å². The van der Waals surface area contributed by atoms with Crippen molar-refractivity contribution in [2.75, 3.05) is 7.11 Å². The molecular formula is C14H14N4O. The molecule has 0 amide bonds. The Labute approximate surface area is 111 Å². The van der Waals surface area contributed by atoms with E-state index in [1.165, 1.54) is 6.08 Å². The minimum Gasteiger partial charge on any atom is -0.497 e. The predicted octanol–water partition coefficient (Wildman–Crippen LogP) is 1.76. The number of hydrogen-bond donors (Lipinski definition) is 1. The molecule has 0 fully saturated rings. The number of benzene rings is 1. The lowest BCUT2D eigenvalue weighted by atomic mass is 10.2. The number of methoxy groups -OCH3 is 1. The molecular weight excluding hydrogens is 240 g/mol. The van der Waals surface area contributed by atoms with Crippen molar-refractivity contribution in [1.82, 2.24) is 9.78 Å². The summed E-state index contributed by atoms with van der Waals surface area (Å²) in [5.41, 5.74) is 7.99. The summed E-state index contributed by atoms with van der Waals surface area (Å²) in [6.07, 6.45) is 4.76. The van der Waals surface area contributed by atoms with Gasteiger partial charge in [-0.05, 0) is 17.7 Å². The van der Waals surface area contributed by atoms with Gasteiger partial charge in [0.15, 0.2) is 0 Å². The van der Waals surface area contributed by atoms with E-state index in [4.69, 9.17) is 15.7 Å². The van der Waals surface area contributed by atoms with Gasteiger partial charge in [0, 0.05) is 17.8 Å². The fourth-order valence-corrected chi connectivity index (χ4v) is 1.67. The van der Waals surface area contributed by atoms with Gasteiger partial charge in [-0.2, -0.15) is 10.4 Å². The van der Waals surface area contributed by atoms with E-state index >= 15 is 0 Å². The number of rotatable bonds is 4. The van der Waals surface area contributed by atoms with Gasteiger partial charge in [0.2, 0.25) is 0 Å². The van der Waals surface area contributed by atoms with Gasteiger partial charge in [0.25, 0.3) is 0 Å². The molecule has 0 atom stereocenters. The Morgan fingerprint density at radius 1 is 1.47 bits per heavy atom. The quantitative estimate of drug-likeness (QED) is 0.843. The number of hydrogen-bond acceptors (Lipinski definition) is 4. The van der Waals surface area contributed by atoms with Crippen LogP contribution in [0.4, 0.5) is 0 Å². The smallest absolute Gasteiger partial charge is 0.118 e. The normalized spacial score (nSPS) is 11.1. The molecule has 2 rings (SSSR count). The van der Waals surface area contributed by atoms with Gasteiger partial charge in [-0.1, -0.05) is 12.1 Å². The lowest BCUT2D eigenvalue weighted by Gasteiger charge is -2.03. The van der Waals surface area contributed by atoms with Gasteiger partial charge >= 0.3 is 0 Å². The van der Waals surface area contributed by atoms with Crippen molar-refractivity contribution in [2.24, 2.45) is 5.73 Å². The van der Waals surface area contributed by atoms with Crippen LogP contribution in [0.5, 0.6) is 5.75 Å². The molecule has 1 heterocycles. The first-order chi connectivity index (χ1) is 9.22. The molecule has 0 bridgehead atoms. The molecule has 2 aromatic rings. The van der Waals surface area contributed by atoms with E-state index in [-0.39, 0.29) is 0 Å². The average molecular weight is 254 g/mol. The highest BCUT2D eigenvalue weighted by atomic mass is 16.5. The van der Waals surface area contributed by atoms with E-state index in [1.54, 1.807) is 18.0 Å². The number of nitrogens with zero attached hydrogens (tertiary/aromatic N) is 3. The molecule has 5 nitrogen and oxygen atoms in total. The van der Waals surface area contributed by atoms with Crippen molar-refractivity contribution in [1.29, 1.82) is 5.26 Å². The monoisotopic (exact) mass is 254 g/mol. The van der Waals surface area contributed by atoms with Gasteiger partial charge in [-0.25, -0.2) is 0 Å². The molecule has 2 N–H and O–H groups in total. The Morgan fingerprint density at radius 3 is 2.84 bits per heavy atom. The summed E-state index contributed by atoms with van der Waals surface area (Å²) >= 11 is 0. The van der Waals surface area contributed by atoms with Crippen molar-refractivity contribution >= 4 is 5.70 Å². The minimum atomic E-state index is 0.420. The number of ether oxygens (including phenoxy) is 1. The number of allylic oxidation sites excluding steroid dienone is 1. The van der Waals surface area contributed by atoms with Crippen LogP contribution in [0.25, 0.3) is 5.70 Å². The molecule has 96 valence electrons. The highest BCUT2D eigenvalue weighted by Crippen LogP contribution is 2.13. The number of nitrogens with two attached hydrogens (primary N) is 1. The average Bonchev–Trinajstić information content (AvgIpc) is 2.88. The van der Waals surface area contributed by atoms with Crippen LogP contribution in [-0.2, 0) is 6.54 Å².